The van der Waals surface area contributed by atoms with Crippen LogP contribution in [0.2, 0.25) is 0 Å². The van der Waals surface area contributed by atoms with Crippen LogP contribution in [0.15, 0.2) is 82.3 Å². The van der Waals surface area contributed by atoms with Gasteiger partial charge in [0.15, 0.2) is 4.80 Å². The molecule has 0 saturated carbocycles. The van der Waals surface area contributed by atoms with E-state index in [9.17, 15) is 4.79 Å². The number of ether oxygens (including phenoxy) is 1. The van der Waals surface area contributed by atoms with Crippen molar-refractivity contribution < 1.29 is 9.53 Å². The molecule has 0 fully saturated rings. The number of aryl methyl sites for hydroxylation is 1. The number of halogens is 1. The van der Waals surface area contributed by atoms with Crippen LogP contribution in [0.4, 0.5) is 0 Å². The predicted molar refractivity (Wildman–Crippen MR) is 121 cm³/mol. The van der Waals surface area contributed by atoms with Gasteiger partial charge >= 0.3 is 0 Å². The van der Waals surface area contributed by atoms with E-state index in [1.807, 2.05) is 48.5 Å². The molecule has 0 bridgehead atoms. The van der Waals surface area contributed by atoms with E-state index in [-0.39, 0.29) is 5.91 Å². The van der Waals surface area contributed by atoms with Crippen molar-refractivity contribution in [3.05, 3.63) is 87.6 Å². The van der Waals surface area contributed by atoms with Gasteiger partial charge in [-0.25, -0.2) is 0 Å². The van der Waals surface area contributed by atoms with Crippen LogP contribution >= 0.6 is 27.3 Å². The number of para-hydroxylation sites is 1. The van der Waals surface area contributed by atoms with Gasteiger partial charge in [0.05, 0.1) is 10.2 Å². The Morgan fingerprint density at radius 3 is 2.62 bits per heavy atom. The molecule has 4 rings (SSSR count). The third-order valence-electron chi connectivity index (χ3n) is 4.35. The number of carbonyl (C=O) groups excluding carboxylic acids is 1. The molecule has 0 N–H and O–H groups in total. The first-order valence-electron chi connectivity index (χ1n) is 9.35. The zero-order valence-corrected chi connectivity index (χ0v) is 18.2. The summed E-state index contributed by atoms with van der Waals surface area (Å²) in [7, 11) is 0. The van der Waals surface area contributed by atoms with E-state index in [0.29, 0.717) is 16.1 Å². The maximum atomic E-state index is 12.9. The summed E-state index contributed by atoms with van der Waals surface area (Å²) >= 11 is 5.04. The summed E-state index contributed by atoms with van der Waals surface area (Å²) in [5, 5.41) is 0. The zero-order valence-electron chi connectivity index (χ0n) is 15.8. The van der Waals surface area contributed by atoms with Crippen LogP contribution in [0.25, 0.3) is 10.2 Å². The van der Waals surface area contributed by atoms with Gasteiger partial charge in [0.1, 0.15) is 11.5 Å². The number of benzene rings is 3. The molecule has 0 atom stereocenters. The van der Waals surface area contributed by atoms with Crippen molar-refractivity contribution in [2.45, 2.75) is 19.9 Å². The lowest BCUT2D eigenvalue weighted by atomic mass is 10.2. The molecule has 4 aromatic rings. The first-order chi connectivity index (χ1) is 14.1. The fraction of sp³-hybridized carbons (Fsp3) is 0.130. The molecule has 1 amide bonds. The molecular weight excluding hydrogens is 448 g/mol. The van der Waals surface area contributed by atoms with Crippen molar-refractivity contribution in [2.24, 2.45) is 4.99 Å². The lowest BCUT2D eigenvalue weighted by molar-refractivity contribution is 0.0997. The summed E-state index contributed by atoms with van der Waals surface area (Å²) in [6.07, 6.45) is 0.962. The molecule has 29 heavy (non-hydrogen) atoms. The fourth-order valence-corrected chi connectivity index (χ4v) is 4.65. The largest absolute Gasteiger partial charge is 0.457 e. The highest BCUT2D eigenvalue weighted by Crippen LogP contribution is 2.24. The van der Waals surface area contributed by atoms with E-state index in [0.717, 1.165) is 33.4 Å². The number of rotatable bonds is 5. The topological polar surface area (TPSA) is 43.6 Å². The lowest BCUT2D eigenvalue weighted by Crippen LogP contribution is -2.16. The fourth-order valence-electron chi connectivity index (χ4n) is 3.04. The zero-order chi connectivity index (χ0) is 20.2. The number of hydrogen-bond acceptors (Lipinski definition) is 3. The van der Waals surface area contributed by atoms with E-state index in [1.165, 1.54) is 11.3 Å². The first-order valence-corrected chi connectivity index (χ1v) is 11.0. The Balaban J connectivity index is 1.69. The highest BCUT2D eigenvalue weighted by molar-refractivity contribution is 9.10. The van der Waals surface area contributed by atoms with Gasteiger partial charge < -0.3 is 9.30 Å². The third-order valence-corrected chi connectivity index (χ3v) is 5.88. The van der Waals surface area contributed by atoms with Gasteiger partial charge in [0, 0.05) is 16.6 Å². The second-order valence-corrected chi connectivity index (χ2v) is 8.43. The molecule has 6 heteroatoms. The summed E-state index contributed by atoms with van der Waals surface area (Å²) in [4.78, 5) is 18.0. The van der Waals surface area contributed by atoms with E-state index in [1.54, 1.807) is 12.1 Å². The Labute approximate surface area is 181 Å². The van der Waals surface area contributed by atoms with Crippen molar-refractivity contribution in [2.75, 3.05) is 0 Å². The van der Waals surface area contributed by atoms with Crippen molar-refractivity contribution >= 4 is 43.4 Å². The SMILES string of the molecule is CCCn1c(=NC(=O)c2cccc(Oc3ccccc3)c2)sc2cc(Br)ccc21. The molecule has 1 heterocycles. The smallest absolute Gasteiger partial charge is 0.279 e. The summed E-state index contributed by atoms with van der Waals surface area (Å²) < 4.78 is 10.1. The summed E-state index contributed by atoms with van der Waals surface area (Å²) in [5.41, 5.74) is 1.59. The lowest BCUT2D eigenvalue weighted by Gasteiger charge is -2.06. The second kappa shape index (κ2) is 8.76. The average Bonchev–Trinajstić information content (AvgIpc) is 3.05. The number of fused-ring (bicyclic) bond motifs is 1. The maximum absolute atomic E-state index is 12.9. The normalized spacial score (nSPS) is 11.7. The number of aromatic nitrogens is 1. The quantitative estimate of drug-likeness (QED) is 0.341. The van der Waals surface area contributed by atoms with Crippen LogP contribution in [0.5, 0.6) is 11.5 Å². The van der Waals surface area contributed by atoms with E-state index in [4.69, 9.17) is 4.74 Å². The molecule has 0 aliphatic heterocycles. The van der Waals surface area contributed by atoms with Crippen molar-refractivity contribution in [1.29, 1.82) is 0 Å². The molecule has 0 spiro atoms. The number of carbonyl (C=O) groups is 1. The molecule has 1 aromatic heterocycles. The number of thiazole rings is 1. The minimum Gasteiger partial charge on any atom is -0.457 e. The van der Waals surface area contributed by atoms with Crippen LogP contribution in [0.3, 0.4) is 0 Å². The van der Waals surface area contributed by atoms with Gasteiger partial charge in [0.2, 0.25) is 0 Å². The van der Waals surface area contributed by atoms with Crippen molar-refractivity contribution in [3.63, 3.8) is 0 Å². The monoisotopic (exact) mass is 466 g/mol. The Morgan fingerprint density at radius 1 is 1.03 bits per heavy atom. The van der Waals surface area contributed by atoms with Gasteiger partial charge in [-0.15, -0.1) is 0 Å². The number of hydrogen-bond donors (Lipinski definition) is 0. The Morgan fingerprint density at radius 2 is 1.83 bits per heavy atom. The molecule has 0 saturated heterocycles. The number of amides is 1. The van der Waals surface area contributed by atoms with Crippen LogP contribution in [-0.2, 0) is 6.54 Å². The maximum Gasteiger partial charge on any atom is 0.279 e. The van der Waals surface area contributed by atoms with Crippen LogP contribution in [0, 0.1) is 0 Å². The van der Waals surface area contributed by atoms with Crippen LogP contribution in [0.1, 0.15) is 23.7 Å². The van der Waals surface area contributed by atoms with Crippen LogP contribution in [-0.4, -0.2) is 10.5 Å². The van der Waals surface area contributed by atoms with Gasteiger partial charge in [-0.05, 0) is 55.0 Å². The molecular formula is C23H19BrN2O2S. The van der Waals surface area contributed by atoms with Gasteiger partial charge in [0.25, 0.3) is 5.91 Å². The Hall–Kier alpha value is -2.70. The highest BCUT2D eigenvalue weighted by Gasteiger charge is 2.10. The van der Waals surface area contributed by atoms with Crippen molar-refractivity contribution in [1.82, 2.24) is 4.57 Å². The third kappa shape index (κ3) is 4.49. The molecule has 0 aliphatic carbocycles. The van der Waals surface area contributed by atoms with Gasteiger partial charge in [-0.1, -0.05) is 58.5 Å². The summed E-state index contributed by atoms with van der Waals surface area (Å²) in [5.74, 6) is 1.06. The molecule has 0 radical (unpaired) electrons. The standard InChI is InChI=1S/C23H19BrN2O2S/c1-2-13-26-20-12-11-17(24)15-21(20)29-23(26)25-22(27)16-7-6-10-19(14-16)28-18-8-4-3-5-9-18/h3-12,14-15H,2,13H2,1H3. The molecule has 0 aliphatic rings. The predicted octanol–water partition coefficient (Wildman–Crippen LogP) is 6.41. The van der Waals surface area contributed by atoms with E-state index >= 15 is 0 Å². The molecule has 3 aromatic carbocycles. The molecule has 4 nitrogen and oxygen atoms in total. The summed E-state index contributed by atoms with van der Waals surface area (Å²) in [6.45, 7) is 2.93. The number of nitrogens with zero attached hydrogens (tertiary/aromatic N) is 2. The minimum atomic E-state index is -0.279. The Bertz CT molecular complexity index is 1230. The molecule has 146 valence electrons. The van der Waals surface area contributed by atoms with E-state index in [2.05, 4.69) is 44.5 Å². The Kier molecular flexibility index (Phi) is 5.92. The van der Waals surface area contributed by atoms with Crippen molar-refractivity contribution in [3.8, 4) is 11.5 Å². The minimum absolute atomic E-state index is 0.279. The first kappa shape index (κ1) is 19.6. The molecule has 0 unspecified atom stereocenters. The van der Waals surface area contributed by atoms with E-state index < -0.39 is 0 Å². The van der Waals surface area contributed by atoms with Crippen LogP contribution < -0.4 is 9.54 Å². The van der Waals surface area contributed by atoms with Gasteiger partial charge in [-0.2, -0.15) is 4.99 Å². The highest BCUT2D eigenvalue weighted by atomic mass is 79.9. The summed E-state index contributed by atoms with van der Waals surface area (Å²) in [6, 6.07) is 22.8. The van der Waals surface area contributed by atoms with Gasteiger partial charge in [-0.3, -0.25) is 4.79 Å². The average molecular weight is 467 g/mol. The second-order valence-electron chi connectivity index (χ2n) is 6.51.